The normalized spacial score (nSPS) is 50.3. The van der Waals surface area contributed by atoms with Crippen LogP contribution in [0.15, 0.2) is 23.3 Å². The quantitative estimate of drug-likeness (QED) is 0.0782. The van der Waals surface area contributed by atoms with Crippen molar-refractivity contribution in [3.63, 3.8) is 0 Å². The number of rotatable bonds is 15. The Kier molecular flexibility index (Phi) is 17.8. The zero-order valence-corrected chi connectivity index (χ0v) is 44.4. The largest absolute Gasteiger partial charge is 0.458 e. The van der Waals surface area contributed by atoms with E-state index in [0.29, 0.717) is 44.1 Å². The van der Waals surface area contributed by atoms with E-state index in [2.05, 4.69) is 13.0 Å². The van der Waals surface area contributed by atoms with Gasteiger partial charge < -0.3 is 87.5 Å². The average molecular weight is 1040 g/mol. The molecule has 26 atom stereocenters. The number of allylic oxidation sites excluding steroid dienone is 2. The molecule has 0 amide bonds. The van der Waals surface area contributed by atoms with Crippen LogP contribution < -0.4 is 0 Å². The molecule has 20 heteroatoms. The number of carbonyl (C=O) groups is 2. The number of carbonyl (C=O) groups excluding carboxylic acids is 2. The highest BCUT2D eigenvalue weighted by Crippen LogP contribution is 2.68. The molecule has 0 aromatic heterocycles. The van der Waals surface area contributed by atoms with Crippen molar-refractivity contribution in [2.45, 2.75) is 242 Å². The second kappa shape index (κ2) is 22.7. The summed E-state index contributed by atoms with van der Waals surface area (Å²) in [6.07, 6.45) is -9.21. The summed E-state index contributed by atoms with van der Waals surface area (Å²) in [4.78, 5) is 26.5. The van der Waals surface area contributed by atoms with Crippen LogP contribution in [0.4, 0.5) is 0 Å². The van der Waals surface area contributed by atoms with Crippen LogP contribution in [0.2, 0.25) is 0 Å². The number of esters is 1. The summed E-state index contributed by atoms with van der Waals surface area (Å²) in [5, 5.41) is 65.2. The van der Waals surface area contributed by atoms with Crippen LogP contribution in [0.1, 0.15) is 113 Å². The molecule has 0 aromatic rings. The molecule has 26 unspecified atom stereocenters. The molecule has 0 spiro atoms. The Morgan fingerprint density at radius 3 is 1.92 bits per heavy atom. The first-order chi connectivity index (χ1) is 34.6. The first-order valence-electron chi connectivity index (χ1n) is 26.5. The summed E-state index contributed by atoms with van der Waals surface area (Å²) in [5.74, 6) is -0.834. The minimum atomic E-state index is -1.67. The number of fused-ring (bicyclic) bond motifs is 5. The number of aliphatic hydroxyl groups is 6. The van der Waals surface area contributed by atoms with Crippen LogP contribution in [-0.4, -0.2) is 199 Å². The van der Waals surface area contributed by atoms with Crippen LogP contribution >= 0.6 is 0 Å². The lowest BCUT2D eigenvalue weighted by Gasteiger charge is -2.63. The summed E-state index contributed by atoms with van der Waals surface area (Å²) in [6, 6.07) is 0. The molecule has 0 aromatic carbocycles. The van der Waals surface area contributed by atoms with E-state index in [4.69, 9.17) is 56.8 Å². The van der Waals surface area contributed by atoms with Gasteiger partial charge in [-0.15, -0.1) is 0 Å². The fourth-order valence-corrected chi connectivity index (χ4v) is 14.3. The first-order valence-corrected chi connectivity index (χ1v) is 26.5. The molecule has 8 aliphatic rings. The molecule has 0 radical (unpaired) electrons. The molecule has 4 aliphatic heterocycles. The van der Waals surface area contributed by atoms with Crippen molar-refractivity contribution >= 4 is 11.8 Å². The predicted molar refractivity (Wildman–Crippen MR) is 256 cm³/mol. The lowest BCUT2D eigenvalue weighted by atomic mass is 9.45. The topological polar surface area (TPSA) is 266 Å². The van der Waals surface area contributed by atoms with Gasteiger partial charge >= 0.3 is 5.97 Å². The maximum Gasteiger partial charge on any atom is 0.333 e. The van der Waals surface area contributed by atoms with E-state index < -0.39 is 146 Å². The average Bonchev–Trinajstić information content (AvgIpc) is 3.65. The molecule has 416 valence electrons. The Morgan fingerprint density at radius 1 is 0.712 bits per heavy atom. The number of methoxy groups -OCH3 is 3. The molecule has 20 nitrogen and oxygen atoms in total. The van der Waals surface area contributed by atoms with Crippen molar-refractivity contribution in [1.29, 1.82) is 0 Å². The molecular weight excluding hydrogens is 957 g/mol. The number of hydrogen-bond acceptors (Lipinski definition) is 20. The van der Waals surface area contributed by atoms with Crippen molar-refractivity contribution in [3.8, 4) is 0 Å². The van der Waals surface area contributed by atoms with Crippen molar-refractivity contribution in [2.75, 3.05) is 27.9 Å². The molecule has 73 heavy (non-hydrogen) atoms. The van der Waals surface area contributed by atoms with E-state index in [1.807, 2.05) is 20.8 Å². The zero-order valence-electron chi connectivity index (χ0n) is 44.4. The van der Waals surface area contributed by atoms with Gasteiger partial charge in [0, 0.05) is 51.1 Å². The Morgan fingerprint density at radius 2 is 1.32 bits per heavy atom. The summed E-state index contributed by atoms with van der Waals surface area (Å²) in [5.41, 5.74) is -0.562. The highest BCUT2D eigenvalue weighted by Gasteiger charge is 2.71. The maximum absolute atomic E-state index is 13.4. The number of ketones is 1. The molecule has 8 rings (SSSR count). The lowest BCUT2D eigenvalue weighted by molar-refractivity contribution is -0.373. The van der Waals surface area contributed by atoms with Gasteiger partial charge in [-0.1, -0.05) is 31.6 Å². The Balaban J connectivity index is 0.866. The van der Waals surface area contributed by atoms with E-state index in [9.17, 15) is 40.2 Å². The van der Waals surface area contributed by atoms with Gasteiger partial charge in [-0.3, -0.25) is 4.79 Å². The Hall–Kier alpha value is -2.06. The standard InChI is InChI=1S/C53H84O20/c1-12-24(2)48(60)70-37-20-33-32(53(61)18-16-31(25(3)55)52(37,53)8)14-13-29-19-30(15-17-51(29,33)7)68-38-21-34(62-9)44(26(4)65-38)71-39-22-35(63-10)45(27(5)66-39)72-50-43(59)47(64-11)46(28(6)67-50)73-49-42(58)41(57)40(56)36(23-54)69-49/h12-13,26-28,30-47,49-50,54,56-59,61H,14-23H2,1-11H3. The molecule has 6 N–H and O–H groups in total. The van der Waals surface area contributed by atoms with E-state index in [0.717, 1.165) is 12.8 Å². The van der Waals surface area contributed by atoms with E-state index in [1.165, 1.54) is 12.7 Å². The first kappa shape index (κ1) is 57.1. The van der Waals surface area contributed by atoms with Crippen molar-refractivity contribution in [2.24, 2.45) is 28.6 Å². The van der Waals surface area contributed by atoms with Crippen molar-refractivity contribution in [1.82, 2.24) is 0 Å². The second-order valence-electron chi connectivity index (χ2n) is 22.6. The van der Waals surface area contributed by atoms with Gasteiger partial charge in [0.15, 0.2) is 25.2 Å². The third-order valence-electron chi connectivity index (χ3n) is 18.8. The Labute approximate surface area is 429 Å². The van der Waals surface area contributed by atoms with Gasteiger partial charge in [-0.05, 0) is 104 Å². The second-order valence-corrected chi connectivity index (χ2v) is 22.6. The van der Waals surface area contributed by atoms with Crippen LogP contribution in [0.3, 0.4) is 0 Å². The molecule has 0 bridgehead atoms. The van der Waals surface area contributed by atoms with Gasteiger partial charge in [0.05, 0.1) is 48.8 Å². The molecule has 7 fully saturated rings. The number of ether oxygens (including phenoxy) is 12. The fourth-order valence-electron chi connectivity index (χ4n) is 14.3. The van der Waals surface area contributed by atoms with Crippen LogP contribution in [-0.2, 0) is 66.4 Å². The highest BCUT2D eigenvalue weighted by molar-refractivity contribution is 5.88. The summed E-state index contributed by atoms with van der Waals surface area (Å²) < 4.78 is 74.3. The van der Waals surface area contributed by atoms with E-state index in [-0.39, 0.29) is 35.6 Å². The van der Waals surface area contributed by atoms with Gasteiger partial charge in [-0.2, -0.15) is 0 Å². The van der Waals surface area contributed by atoms with Crippen LogP contribution in [0.5, 0.6) is 0 Å². The SMILES string of the molecule is CC=C(C)C(=O)OC1CC2C(CC=C3CC(OC4CC(OC)C(OC5CC(OC)C(OC6OC(C)C(OC7OC(CO)C(O)C(O)C7O)C(OC)C6O)C(C)O5)C(C)O4)CCC32C)C2(O)CCC(C(C)=O)C12C. The van der Waals surface area contributed by atoms with Crippen LogP contribution in [0.25, 0.3) is 0 Å². The van der Waals surface area contributed by atoms with Gasteiger partial charge in [0.1, 0.15) is 66.8 Å². The highest BCUT2D eigenvalue weighted by atomic mass is 16.8. The number of hydrogen-bond donors (Lipinski definition) is 6. The molecule has 4 heterocycles. The molecule has 4 saturated heterocycles. The molecule has 4 aliphatic carbocycles. The minimum Gasteiger partial charge on any atom is -0.458 e. The van der Waals surface area contributed by atoms with Crippen LogP contribution in [0, 0.1) is 28.6 Å². The number of aliphatic hydroxyl groups excluding tert-OH is 5. The summed E-state index contributed by atoms with van der Waals surface area (Å²) >= 11 is 0. The molecule has 3 saturated carbocycles. The fraction of sp³-hybridized carbons (Fsp3) is 0.887. The number of Topliss-reactive ketones (excluding diaryl/α,β-unsaturated/α-hetero) is 1. The van der Waals surface area contributed by atoms with Gasteiger partial charge in [0.25, 0.3) is 0 Å². The maximum atomic E-state index is 13.4. The third-order valence-corrected chi connectivity index (χ3v) is 18.8. The van der Waals surface area contributed by atoms with E-state index in [1.54, 1.807) is 48.0 Å². The van der Waals surface area contributed by atoms with E-state index >= 15 is 0 Å². The van der Waals surface area contributed by atoms with Crippen molar-refractivity contribution < 1.29 is 97.1 Å². The molecular formula is C53H84O20. The minimum absolute atomic E-state index is 0.0237. The summed E-state index contributed by atoms with van der Waals surface area (Å²) in [6.45, 7) is 14.1. The lowest BCUT2D eigenvalue weighted by Crippen LogP contribution is -2.66. The van der Waals surface area contributed by atoms with Crippen molar-refractivity contribution in [3.05, 3.63) is 23.3 Å². The smallest absolute Gasteiger partial charge is 0.333 e. The zero-order chi connectivity index (χ0) is 53.1. The predicted octanol–water partition coefficient (Wildman–Crippen LogP) is 2.52. The Bertz CT molecular complexity index is 1980. The van der Waals surface area contributed by atoms with Gasteiger partial charge in [-0.25, -0.2) is 4.79 Å². The van der Waals surface area contributed by atoms with Gasteiger partial charge in [0.2, 0.25) is 0 Å². The third kappa shape index (κ3) is 10.4. The summed E-state index contributed by atoms with van der Waals surface area (Å²) in [7, 11) is 4.56. The monoisotopic (exact) mass is 1040 g/mol.